The Labute approximate surface area is 167 Å². The second kappa shape index (κ2) is 8.26. The highest BCUT2D eigenvalue weighted by Crippen LogP contribution is 2.20. The number of imidazole rings is 1. The van der Waals surface area contributed by atoms with Crippen molar-refractivity contribution in [3.63, 3.8) is 0 Å². The van der Waals surface area contributed by atoms with Gasteiger partial charge in [0.25, 0.3) is 5.91 Å². The molecule has 1 amide bonds. The van der Waals surface area contributed by atoms with Crippen molar-refractivity contribution in [2.75, 3.05) is 0 Å². The fourth-order valence-electron chi connectivity index (χ4n) is 3.39. The highest BCUT2D eigenvalue weighted by atomic mass is 19.1. The van der Waals surface area contributed by atoms with E-state index < -0.39 is 0 Å². The third-order valence-corrected chi connectivity index (χ3v) is 4.87. The van der Waals surface area contributed by atoms with Crippen molar-refractivity contribution in [3.05, 3.63) is 83.7 Å². The van der Waals surface area contributed by atoms with Crippen LogP contribution in [0, 0.1) is 5.82 Å². The molecular formula is C22H22FN5O. The van der Waals surface area contributed by atoms with E-state index in [1.807, 2.05) is 28.8 Å². The van der Waals surface area contributed by atoms with Gasteiger partial charge in [0.2, 0.25) is 0 Å². The minimum Gasteiger partial charge on any atom is -0.342 e. The number of carbonyl (C=O) groups is 1. The van der Waals surface area contributed by atoms with Gasteiger partial charge in [-0.2, -0.15) is 5.10 Å². The molecule has 0 fully saturated rings. The molecule has 2 N–H and O–H groups in total. The van der Waals surface area contributed by atoms with E-state index in [1.165, 1.54) is 12.1 Å². The molecule has 4 rings (SSSR count). The molecule has 0 aliphatic rings. The largest absolute Gasteiger partial charge is 0.342 e. The number of amides is 1. The first-order valence-corrected chi connectivity index (χ1v) is 9.64. The fourth-order valence-corrected chi connectivity index (χ4v) is 3.39. The molecule has 0 saturated heterocycles. The maximum atomic E-state index is 13.4. The van der Waals surface area contributed by atoms with E-state index in [0.29, 0.717) is 12.2 Å². The van der Waals surface area contributed by atoms with Crippen molar-refractivity contribution in [3.8, 4) is 0 Å². The average Bonchev–Trinajstić information content (AvgIpc) is 3.36. The number of H-pyrrole nitrogens is 1. The highest BCUT2D eigenvalue weighted by molar-refractivity contribution is 5.92. The van der Waals surface area contributed by atoms with E-state index in [0.717, 1.165) is 35.1 Å². The van der Waals surface area contributed by atoms with E-state index in [2.05, 4.69) is 27.4 Å². The summed E-state index contributed by atoms with van der Waals surface area (Å²) < 4.78 is 15.4. The Morgan fingerprint density at radius 2 is 2.00 bits per heavy atom. The van der Waals surface area contributed by atoms with Crippen molar-refractivity contribution in [1.82, 2.24) is 25.1 Å². The van der Waals surface area contributed by atoms with Gasteiger partial charge in [0.15, 0.2) is 0 Å². The van der Waals surface area contributed by atoms with E-state index in [-0.39, 0.29) is 17.8 Å². The molecule has 1 atom stereocenters. The lowest BCUT2D eigenvalue weighted by Gasteiger charge is -2.20. The van der Waals surface area contributed by atoms with Crippen molar-refractivity contribution in [1.29, 1.82) is 0 Å². The predicted molar refractivity (Wildman–Crippen MR) is 109 cm³/mol. The molecule has 29 heavy (non-hydrogen) atoms. The molecule has 7 heteroatoms. The molecule has 4 aromatic rings. The first-order chi connectivity index (χ1) is 14.1. The first kappa shape index (κ1) is 18.9. The molecule has 2 aromatic heterocycles. The number of carbonyl (C=O) groups excluding carboxylic acids is 1. The van der Waals surface area contributed by atoms with Crippen LogP contribution in [0.1, 0.15) is 41.1 Å². The van der Waals surface area contributed by atoms with Gasteiger partial charge in [-0.1, -0.05) is 37.6 Å². The SMILES string of the molecule is CCCc1cc(C(=O)NC(Cn2cnc3ccccc32)c2ccc(F)cc2)n[nH]1. The van der Waals surface area contributed by atoms with Crippen molar-refractivity contribution in [2.24, 2.45) is 0 Å². The van der Waals surface area contributed by atoms with Gasteiger partial charge in [-0.3, -0.25) is 9.89 Å². The topological polar surface area (TPSA) is 75.6 Å². The maximum absolute atomic E-state index is 13.4. The molecule has 148 valence electrons. The highest BCUT2D eigenvalue weighted by Gasteiger charge is 2.19. The molecule has 6 nitrogen and oxygen atoms in total. The summed E-state index contributed by atoms with van der Waals surface area (Å²) in [6.45, 7) is 2.53. The normalized spacial score (nSPS) is 12.2. The summed E-state index contributed by atoms with van der Waals surface area (Å²) in [4.78, 5) is 17.2. The number of aromatic amines is 1. The minimum absolute atomic E-state index is 0.276. The first-order valence-electron chi connectivity index (χ1n) is 9.64. The second-order valence-electron chi connectivity index (χ2n) is 6.99. The van der Waals surface area contributed by atoms with Gasteiger partial charge in [0, 0.05) is 12.2 Å². The number of fused-ring (bicyclic) bond motifs is 1. The summed E-state index contributed by atoms with van der Waals surface area (Å²) in [6, 6.07) is 15.4. The lowest BCUT2D eigenvalue weighted by Crippen LogP contribution is -2.31. The molecule has 0 radical (unpaired) electrons. The lowest BCUT2D eigenvalue weighted by molar-refractivity contribution is 0.0927. The van der Waals surface area contributed by atoms with Crippen LogP contribution in [0.4, 0.5) is 4.39 Å². The smallest absolute Gasteiger partial charge is 0.272 e. The van der Waals surface area contributed by atoms with Crippen LogP contribution in [0.3, 0.4) is 0 Å². The molecule has 2 aromatic carbocycles. The zero-order valence-corrected chi connectivity index (χ0v) is 16.1. The van der Waals surface area contributed by atoms with Gasteiger partial charge in [-0.05, 0) is 42.3 Å². The van der Waals surface area contributed by atoms with Crippen LogP contribution in [0.15, 0.2) is 60.9 Å². The summed E-state index contributed by atoms with van der Waals surface area (Å²) in [5, 5.41) is 10.1. The van der Waals surface area contributed by atoms with Gasteiger partial charge in [0.1, 0.15) is 11.5 Å². The maximum Gasteiger partial charge on any atom is 0.272 e. The van der Waals surface area contributed by atoms with Gasteiger partial charge in [-0.15, -0.1) is 0 Å². The van der Waals surface area contributed by atoms with Crippen molar-refractivity contribution >= 4 is 16.9 Å². The molecule has 0 aliphatic carbocycles. The molecular weight excluding hydrogens is 369 g/mol. The number of benzene rings is 2. The standard InChI is InChI=1S/C22H22FN5O/c1-2-5-17-12-19(27-26-17)22(29)25-20(15-8-10-16(23)11-9-15)13-28-14-24-18-6-3-4-7-21(18)28/h3-4,6-12,14,20H,2,5,13H2,1H3,(H,25,29)(H,26,27). The molecule has 0 aliphatic heterocycles. The summed E-state index contributed by atoms with van der Waals surface area (Å²) in [5.41, 5.74) is 3.93. The zero-order valence-electron chi connectivity index (χ0n) is 16.1. The molecule has 2 heterocycles. The van der Waals surface area contributed by atoms with Crippen molar-refractivity contribution < 1.29 is 9.18 Å². The van der Waals surface area contributed by atoms with Crippen LogP contribution >= 0.6 is 0 Å². The summed E-state index contributed by atoms with van der Waals surface area (Å²) in [6.07, 6.45) is 3.55. The Morgan fingerprint density at radius 3 is 2.79 bits per heavy atom. The van der Waals surface area contributed by atoms with Crippen molar-refractivity contribution in [2.45, 2.75) is 32.4 Å². The lowest BCUT2D eigenvalue weighted by atomic mass is 10.1. The number of aromatic nitrogens is 4. The van der Waals surface area contributed by atoms with Gasteiger partial charge < -0.3 is 9.88 Å². The number of hydrogen-bond acceptors (Lipinski definition) is 3. The minimum atomic E-state index is -0.368. The van der Waals surface area contributed by atoms with E-state index >= 15 is 0 Å². The molecule has 1 unspecified atom stereocenters. The quantitative estimate of drug-likeness (QED) is 0.500. The third kappa shape index (κ3) is 4.18. The fraction of sp³-hybridized carbons (Fsp3) is 0.227. The van der Waals surface area contributed by atoms with Crippen LogP contribution in [-0.4, -0.2) is 25.7 Å². The number of rotatable bonds is 7. The Balaban J connectivity index is 1.61. The predicted octanol–water partition coefficient (Wildman–Crippen LogP) is 4.02. The van der Waals surface area contributed by atoms with Crippen LogP contribution in [0.5, 0.6) is 0 Å². The average molecular weight is 391 g/mol. The molecule has 0 saturated carbocycles. The number of halogens is 1. The molecule has 0 spiro atoms. The number of para-hydroxylation sites is 2. The van der Waals surface area contributed by atoms with Gasteiger partial charge in [-0.25, -0.2) is 9.37 Å². The molecule has 0 bridgehead atoms. The van der Waals surface area contributed by atoms with E-state index in [1.54, 1.807) is 24.5 Å². The van der Waals surface area contributed by atoms with E-state index in [9.17, 15) is 9.18 Å². The van der Waals surface area contributed by atoms with Crippen LogP contribution in [0.25, 0.3) is 11.0 Å². The summed E-state index contributed by atoms with van der Waals surface area (Å²) in [5.74, 6) is -0.592. The Hall–Kier alpha value is -3.48. The Bertz CT molecular complexity index is 1120. The van der Waals surface area contributed by atoms with Crippen LogP contribution < -0.4 is 5.32 Å². The van der Waals surface area contributed by atoms with Gasteiger partial charge in [0.05, 0.1) is 23.4 Å². The second-order valence-corrected chi connectivity index (χ2v) is 6.99. The van der Waals surface area contributed by atoms with Crippen LogP contribution in [-0.2, 0) is 13.0 Å². The Kier molecular flexibility index (Phi) is 5.37. The zero-order chi connectivity index (χ0) is 20.2. The van der Waals surface area contributed by atoms with E-state index in [4.69, 9.17) is 0 Å². The Morgan fingerprint density at radius 1 is 1.21 bits per heavy atom. The number of aryl methyl sites for hydroxylation is 1. The number of nitrogens with one attached hydrogen (secondary N) is 2. The monoisotopic (exact) mass is 391 g/mol. The number of hydrogen-bond donors (Lipinski definition) is 2. The number of nitrogens with zero attached hydrogens (tertiary/aromatic N) is 3. The summed E-state index contributed by atoms with van der Waals surface area (Å²) >= 11 is 0. The van der Waals surface area contributed by atoms with Crippen LogP contribution in [0.2, 0.25) is 0 Å². The van der Waals surface area contributed by atoms with Gasteiger partial charge >= 0.3 is 0 Å². The summed E-state index contributed by atoms with van der Waals surface area (Å²) in [7, 11) is 0. The third-order valence-electron chi connectivity index (χ3n) is 4.87.